The van der Waals surface area contributed by atoms with E-state index in [2.05, 4.69) is 15.0 Å². The van der Waals surface area contributed by atoms with Gasteiger partial charge in [-0.2, -0.15) is 0 Å². The number of rotatable bonds is 4. The van der Waals surface area contributed by atoms with Gasteiger partial charge in [0, 0.05) is 11.6 Å². The molecular weight excluding hydrogens is 318 g/mol. The predicted molar refractivity (Wildman–Crippen MR) is 86.2 cm³/mol. The van der Waals surface area contributed by atoms with Crippen molar-refractivity contribution >= 4 is 29.3 Å². The van der Waals surface area contributed by atoms with Crippen LogP contribution in [0.15, 0.2) is 35.6 Å². The minimum Gasteiger partial charge on any atom is -0.492 e. The van der Waals surface area contributed by atoms with Gasteiger partial charge in [-0.05, 0) is 24.3 Å². The van der Waals surface area contributed by atoms with Gasteiger partial charge in [0.05, 0.1) is 19.4 Å². The van der Waals surface area contributed by atoms with E-state index in [1.165, 1.54) is 6.33 Å². The molecule has 0 saturated heterocycles. The molecule has 0 radical (unpaired) electrons. The Morgan fingerprint density at radius 3 is 2.96 bits per heavy atom. The van der Waals surface area contributed by atoms with Gasteiger partial charge in [-0.1, -0.05) is 11.6 Å². The van der Waals surface area contributed by atoms with Crippen LogP contribution >= 0.6 is 11.6 Å². The number of hydrogen-bond donors (Lipinski definition) is 1. The van der Waals surface area contributed by atoms with E-state index in [-0.39, 0.29) is 5.91 Å². The van der Waals surface area contributed by atoms with E-state index in [0.29, 0.717) is 48.7 Å². The van der Waals surface area contributed by atoms with Crippen LogP contribution in [0.5, 0.6) is 5.75 Å². The summed E-state index contributed by atoms with van der Waals surface area (Å²) in [5.41, 5.74) is 0.428. The van der Waals surface area contributed by atoms with Gasteiger partial charge in [0.25, 0.3) is 5.91 Å². The van der Waals surface area contributed by atoms with Gasteiger partial charge < -0.3 is 9.72 Å². The summed E-state index contributed by atoms with van der Waals surface area (Å²) in [5, 5.41) is 0.671. The van der Waals surface area contributed by atoms with Gasteiger partial charge >= 0.3 is 0 Å². The Hall–Kier alpha value is -2.54. The molecule has 0 spiro atoms. The molecule has 1 N–H and O–H groups in total. The molecule has 4 rings (SSSR count). The number of aliphatic imine (C=N–C) groups is 1. The standard InChI is InChI=1S/C15H14ClN5O2/c16-10-1-3-11(4-2-10)23-8-7-20-13-12(18-9-19-13)14(22)21-6-5-17-15(20)21/h1-4,9H,5-8H2,(H,18,19). The van der Waals surface area contributed by atoms with E-state index < -0.39 is 0 Å². The molecule has 1 aromatic carbocycles. The number of guanidine groups is 1. The van der Waals surface area contributed by atoms with Crippen molar-refractivity contribution in [2.45, 2.75) is 0 Å². The Kier molecular flexibility index (Phi) is 3.42. The van der Waals surface area contributed by atoms with Crippen molar-refractivity contribution in [2.24, 2.45) is 4.99 Å². The number of hydrogen-bond acceptors (Lipinski definition) is 5. The zero-order valence-corrected chi connectivity index (χ0v) is 13.0. The molecule has 0 unspecified atom stereocenters. The van der Waals surface area contributed by atoms with Gasteiger partial charge in [-0.15, -0.1) is 0 Å². The summed E-state index contributed by atoms with van der Waals surface area (Å²) >= 11 is 5.86. The minimum absolute atomic E-state index is 0.104. The van der Waals surface area contributed by atoms with Crippen LogP contribution in [0, 0.1) is 0 Å². The average molecular weight is 332 g/mol. The number of H-pyrrole nitrogens is 1. The van der Waals surface area contributed by atoms with Gasteiger partial charge in [-0.25, -0.2) is 4.98 Å². The first-order valence-electron chi connectivity index (χ1n) is 7.29. The van der Waals surface area contributed by atoms with Crippen molar-refractivity contribution in [3.63, 3.8) is 0 Å². The Balaban J connectivity index is 1.50. The van der Waals surface area contributed by atoms with Crippen molar-refractivity contribution in [3.8, 4) is 5.75 Å². The number of anilines is 1. The second-order valence-electron chi connectivity index (χ2n) is 5.19. The molecule has 8 heteroatoms. The molecule has 7 nitrogen and oxygen atoms in total. The van der Waals surface area contributed by atoms with Crippen molar-refractivity contribution in [3.05, 3.63) is 41.3 Å². The van der Waals surface area contributed by atoms with Crippen molar-refractivity contribution in [2.75, 3.05) is 31.1 Å². The molecule has 1 amide bonds. The van der Waals surface area contributed by atoms with Crippen molar-refractivity contribution in [1.29, 1.82) is 0 Å². The number of fused-ring (bicyclic) bond motifs is 2. The Morgan fingerprint density at radius 1 is 1.30 bits per heavy atom. The number of aromatic nitrogens is 2. The summed E-state index contributed by atoms with van der Waals surface area (Å²) in [4.78, 5) is 27.5. The Labute approximate surface area is 137 Å². The highest BCUT2D eigenvalue weighted by Crippen LogP contribution is 2.27. The normalized spacial score (nSPS) is 16.2. The molecule has 2 aliphatic heterocycles. The number of ether oxygens (including phenoxy) is 1. The molecule has 0 saturated carbocycles. The van der Waals surface area contributed by atoms with Gasteiger partial charge in [0.15, 0.2) is 5.69 Å². The number of amides is 1. The third-order valence-electron chi connectivity index (χ3n) is 3.79. The second kappa shape index (κ2) is 5.58. The molecule has 3 heterocycles. The molecule has 0 aliphatic carbocycles. The number of carbonyl (C=O) groups excluding carboxylic acids is 1. The molecule has 2 aromatic rings. The molecule has 0 fully saturated rings. The number of benzene rings is 1. The summed E-state index contributed by atoms with van der Waals surface area (Å²) in [5.74, 6) is 1.97. The monoisotopic (exact) mass is 331 g/mol. The lowest BCUT2D eigenvalue weighted by atomic mass is 10.3. The van der Waals surface area contributed by atoms with Gasteiger partial charge in [0.1, 0.15) is 18.2 Å². The molecule has 1 aromatic heterocycles. The maximum Gasteiger partial charge on any atom is 0.283 e. The zero-order valence-electron chi connectivity index (χ0n) is 12.2. The molecule has 23 heavy (non-hydrogen) atoms. The maximum absolute atomic E-state index is 12.3. The highest BCUT2D eigenvalue weighted by molar-refractivity contribution is 6.30. The van der Waals surface area contributed by atoms with Crippen LogP contribution in [-0.4, -0.2) is 53.0 Å². The van der Waals surface area contributed by atoms with E-state index in [9.17, 15) is 4.79 Å². The van der Waals surface area contributed by atoms with Crippen molar-refractivity contribution < 1.29 is 9.53 Å². The van der Waals surface area contributed by atoms with Crippen LogP contribution < -0.4 is 9.64 Å². The lowest BCUT2D eigenvalue weighted by Gasteiger charge is -2.33. The molecule has 0 atom stereocenters. The first kappa shape index (κ1) is 14.1. The van der Waals surface area contributed by atoms with E-state index in [0.717, 1.165) is 5.75 Å². The maximum atomic E-state index is 12.3. The quantitative estimate of drug-likeness (QED) is 0.926. The summed E-state index contributed by atoms with van der Waals surface area (Å²) in [6.07, 6.45) is 1.53. The number of nitrogens with one attached hydrogen (secondary N) is 1. The van der Waals surface area contributed by atoms with E-state index in [1.807, 2.05) is 17.0 Å². The summed E-state index contributed by atoms with van der Waals surface area (Å²) < 4.78 is 5.74. The lowest BCUT2D eigenvalue weighted by molar-refractivity contribution is 0.0846. The van der Waals surface area contributed by atoms with Crippen molar-refractivity contribution in [1.82, 2.24) is 14.9 Å². The Bertz CT molecular complexity index is 770. The summed E-state index contributed by atoms with van der Waals surface area (Å²) in [7, 11) is 0. The van der Waals surface area contributed by atoms with Gasteiger partial charge in [-0.3, -0.25) is 19.6 Å². The fourth-order valence-electron chi connectivity index (χ4n) is 2.73. The molecule has 0 bridgehead atoms. The van der Waals surface area contributed by atoms with Crippen LogP contribution in [0.1, 0.15) is 10.5 Å². The third-order valence-corrected chi connectivity index (χ3v) is 4.05. The van der Waals surface area contributed by atoms with Crippen LogP contribution in [0.2, 0.25) is 5.02 Å². The average Bonchev–Trinajstić information content (AvgIpc) is 3.22. The molecular formula is C15H14ClN5O2. The summed E-state index contributed by atoms with van der Waals surface area (Å²) in [6, 6.07) is 7.21. The highest BCUT2D eigenvalue weighted by Gasteiger charge is 2.39. The smallest absolute Gasteiger partial charge is 0.283 e. The lowest BCUT2D eigenvalue weighted by Crippen LogP contribution is -2.51. The van der Waals surface area contributed by atoms with Crippen LogP contribution in [0.4, 0.5) is 5.82 Å². The number of imidazole rings is 1. The fraction of sp³-hybridized carbons (Fsp3) is 0.267. The molecule has 2 aliphatic rings. The Morgan fingerprint density at radius 2 is 2.13 bits per heavy atom. The number of halogens is 1. The molecule has 118 valence electrons. The summed E-state index contributed by atoms with van der Waals surface area (Å²) in [6.45, 7) is 2.20. The van der Waals surface area contributed by atoms with E-state index in [4.69, 9.17) is 16.3 Å². The van der Waals surface area contributed by atoms with Crippen LogP contribution in [0.3, 0.4) is 0 Å². The van der Waals surface area contributed by atoms with Gasteiger partial charge in [0.2, 0.25) is 5.96 Å². The predicted octanol–water partition coefficient (Wildman–Crippen LogP) is 1.77. The zero-order chi connectivity index (χ0) is 15.8. The minimum atomic E-state index is -0.104. The SMILES string of the molecule is O=C1c2nc[nH]c2N(CCOc2ccc(Cl)cc2)C2=NCCN12. The fourth-order valence-corrected chi connectivity index (χ4v) is 2.86. The number of carbonyl (C=O) groups is 1. The van der Waals surface area contributed by atoms with E-state index in [1.54, 1.807) is 17.0 Å². The number of nitrogens with zero attached hydrogens (tertiary/aromatic N) is 4. The second-order valence-corrected chi connectivity index (χ2v) is 5.63. The topological polar surface area (TPSA) is 73.8 Å². The first-order valence-corrected chi connectivity index (χ1v) is 7.67. The third kappa shape index (κ3) is 2.43. The van der Waals surface area contributed by atoms with E-state index >= 15 is 0 Å². The number of aromatic amines is 1. The van der Waals surface area contributed by atoms with Crippen LogP contribution in [-0.2, 0) is 0 Å². The van der Waals surface area contributed by atoms with Crippen LogP contribution in [0.25, 0.3) is 0 Å². The first-order chi connectivity index (χ1) is 11.2. The highest BCUT2D eigenvalue weighted by atomic mass is 35.5. The largest absolute Gasteiger partial charge is 0.492 e.